The molecule has 1 aromatic heterocycles. The van der Waals surface area contributed by atoms with E-state index < -0.39 is 12.0 Å². The third-order valence-electron chi connectivity index (χ3n) is 5.41. The van der Waals surface area contributed by atoms with E-state index in [9.17, 15) is 19.8 Å². The van der Waals surface area contributed by atoms with Crippen LogP contribution in [0.2, 0.25) is 0 Å². The Morgan fingerprint density at radius 3 is 2.54 bits per heavy atom. The van der Waals surface area contributed by atoms with Crippen LogP contribution in [0.5, 0.6) is 17.2 Å². The molecular formula is C25H23BrN2O6S. The van der Waals surface area contributed by atoms with Crippen LogP contribution < -0.4 is 19.6 Å². The number of aromatic hydroxyl groups is 2. The van der Waals surface area contributed by atoms with Gasteiger partial charge in [0.05, 0.1) is 39.5 Å². The number of phenols is 2. The fourth-order valence-corrected chi connectivity index (χ4v) is 5.24. The summed E-state index contributed by atoms with van der Waals surface area (Å²) in [4.78, 5) is 31.5. The number of allylic oxidation sites excluding steroid dienone is 1. The van der Waals surface area contributed by atoms with E-state index in [0.29, 0.717) is 43.0 Å². The van der Waals surface area contributed by atoms with E-state index in [2.05, 4.69) is 20.9 Å². The van der Waals surface area contributed by atoms with Gasteiger partial charge in [-0.3, -0.25) is 9.36 Å². The minimum Gasteiger partial charge on any atom is -0.507 e. The summed E-state index contributed by atoms with van der Waals surface area (Å²) in [6, 6.07) is 9.17. The van der Waals surface area contributed by atoms with Crippen molar-refractivity contribution in [2.75, 3.05) is 13.2 Å². The number of rotatable bonds is 6. The Kier molecular flexibility index (Phi) is 7.13. The molecule has 0 saturated heterocycles. The van der Waals surface area contributed by atoms with Crippen molar-refractivity contribution < 1.29 is 24.5 Å². The Hall–Kier alpha value is -3.37. The van der Waals surface area contributed by atoms with E-state index in [0.717, 1.165) is 11.3 Å². The van der Waals surface area contributed by atoms with Gasteiger partial charge in [-0.05, 0) is 66.5 Å². The minimum absolute atomic E-state index is 0.119. The van der Waals surface area contributed by atoms with Gasteiger partial charge < -0.3 is 19.7 Å². The Morgan fingerprint density at radius 2 is 1.89 bits per heavy atom. The van der Waals surface area contributed by atoms with Crippen LogP contribution in [0, 0.1) is 0 Å². The molecule has 182 valence electrons. The molecular weight excluding hydrogens is 536 g/mol. The van der Waals surface area contributed by atoms with Gasteiger partial charge in [0.15, 0.2) is 4.80 Å². The molecule has 2 heterocycles. The van der Waals surface area contributed by atoms with Crippen LogP contribution in [0.1, 0.15) is 37.9 Å². The van der Waals surface area contributed by atoms with Crippen molar-refractivity contribution in [3.8, 4) is 17.2 Å². The number of ether oxygens (including phenoxy) is 2. The molecule has 0 spiro atoms. The summed E-state index contributed by atoms with van der Waals surface area (Å²) in [5.41, 5.74) is 1.42. The van der Waals surface area contributed by atoms with E-state index >= 15 is 0 Å². The van der Waals surface area contributed by atoms with Crippen LogP contribution in [-0.2, 0) is 9.53 Å². The van der Waals surface area contributed by atoms with Crippen LogP contribution >= 0.6 is 27.3 Å². The average Bonchev–Trinajstić information content (AvgIpc) is 3.12. The van der Waals surface area contributed by atoms with Crippen LogP contribution in [0.4, 0.5) is 0 Å². The molecule has 8 nitrogen and oxygen atoms in total. The molecule has 10 heteroatoms. The van der Waals surface area contributed by atoms with Gasteiger partial charge in [-0.25, -0.2) is 9.79 Å². The number of esters is 1. The zero-order valence-corrected chi connectivity index (χ0v) is 21.6. The summed E-state index contributed by atoms with van der Waals surface area (Å²) >= 11 is 4.37. The highest BCUT2D eigenvalue weighted by Gasteiger charge is 2.33. The lowest BCUT2D eigenvalue weighted by Gasteiger charge is -2.24. The number of carbonyl (C=O) groups is 1. The zero-order chi connectivity index (χ0) is 25.3. The summed E-state index contributed by atoms with van der Waals surface area (Å²) < 4.78 is 13.0. The third-order valence-corrected chi connectivity index (χ3v) is 7.02. The number of aromatic nitrogens is 1. The summed E-state index contributed by atoms with van der Waals surface area (Å²) in [5, 5.41) is 20.1. The number of halogens is 1. The zero-order valence-electron chi connectivity index (χ0n) is 19.2. The van der Waals surface area contributed by atoms with Gasteiger partial charge in [-0.1, -0.05) is 23.5 Å². The monoisotopic (exact) mass is 558 g/mol. The van der Waals surface area contributed by atoms with Crippen molar-refractivity contribution in [2.45, 2.75) is 26.8 Å². The van der Waals surface area contributed by atoms with Gasteiger partial charge >= 0.3 is 5.97 Å². The molecule has 1 aliphatic rings. The maximum Gasteiger partial charge on any atom is 0.338 e. The number of hydrogen-bond donors (Lipinski definition) is 2. The molecule has 2 N–H and O–H groups in total. The number of carbonyl (C=O) groups excluding carboxylic acids is 1. The van der Waals surface area contributed by atoms with E-state index in [1.165, 1.54) is 22.8 Å². The lowest BCUT2D eigenvalue weighted by Crippen LogP contribution is -2.39. The largest absolute Gasteiger partial charge is 0.507 e. The van der Waals surface area contributed by atoms with Crippen molar-refractivity contribution in [3.05, 3.63) is 83.0 Å². The van der Waals surface area contributed by atoms with E-state index in [-0.39, 0.29) is 29.2 Å². The Morgan fingerprint density at radius 1 is 1.17 bits per heavy atom. The maximum absolute atomic E-state index is 13.6. The predicted octanol–water partition coefficient (Wildman–Crippen LogP) is 3.37. The van der Waals surface area contributed by atoms with Gasteiger partial charge in [-0.15, -0.1) is 0 Å². The molecule has 0 radical (unpaired) electrons. The lowest BCUT2D eigenvalue weighted by atomic mass is 9.96. The normalized spacial score (nSPS) is 15.5. The molecule has 0 bridgehead atoms. The molecule has 0 aliphatic carbocycles. The van der Waals surface area contributed by atoms with Gasteiger partial charge in [0.25, 0.3) is 5.56 Å². The van der Waals surface area contributed by atoms with Crippen molar-refractivity contribution in [1.82, 2.24) is 4.57 Å². The number of hydrogen-bond acceptors (Lipinski definition) is 8. The lowest BCUT2D eigenvalue weighted by molar-refractivity contribution is -0.139. The Labute approximate surface area is 213 Å². The SMILES string of the molecule is CCOC(=O)C1=C(C)N=c2s/c(=C/c3cc(Br)c(O)cc3O)c(=O)n2[C@H]1c1ccc(OCC)cc1. The highest BCUT2D eigenvalue weighted by molar-refractivity contribution is 9.10. The van der Waals surface area contributed by atoms with Crippen molar-refractivity contribution in [1.29, 1.82) is 0 Å². The van der Waals surface area contributed by atoms with Crippen LogP contribution in [-0.4, -0.2) is 34.0 Å². The number of nitrogens with zero attached hydrogens (tertiary/aromatic N) is 2. The van der Waals surface area contributed by atoms with E-state index in [1.54, 1.807) is 26.0 Å². The number of benzene rings is 2. The van der Waals surface area contributed by atoms with Crippen LogP contribution in [0.3, 0.4) is 0 Å². The summed E-state index contributed by atoms with van der Waals surface area (Å²) in [5.74, 6) is -0.160. The molecule has 0 unspecified atom stereocenters. The van der Waals surface area contributed by atoms with Gasteiger partial charge in [-0.2, -0.15) is 0 Å². The fraction of sp³-hybridized carbons (Fsp3) is 0.240. The highest BCUT2D eigenvalue weighted by atomic mass is 79.9. The second-order valence-electron chi connectivity index (χ2n) is 7.67. The smallest absolute Gasteiger partial charge is 0.338 e. The second-order valence-corrected chi connectivity index (χ2v) is 9.53. The number of phenolic OH excluding ortho intramolecular Hbond substituents is 2. The molecule has 1 aliphatic heterocycles. The van der Waals surface area contributed by atoms with Crippen LogP contribution in [0.15, 0.2) is 61.9 Å². The van der Waals surface area contributed by atoms with E-state index in [4.69, 9.17) is 9.47 Å². The van der Waals surface area contributed by atoms with E-state index in [1.807, 2.05) is 19.1 Å². The molecule has 0 fully saturated rings. The van der Waals surface area contributed by atoms with Crippen molar-refractivity contribution in [2.24, 2.45) is 4.99 Å². The summed E-state index contributed by atoms with van der Waals surface area (Å²) in [6.45, 7) is 6.03. The third kappa shape index (κ3) is 4.76. The second kappa shape index (κ2) is 10.1. The van der Waals surface area contributed by atoms with Gasteiger partial charge in [0, 0.05) is 11.6 Å². The first-order valence-electron chi connectivity index (χ1n) is 10.9. The van der Waals surface area contributed by atoms with Crippen LogP contribution in [0.25, 0.3) is 6.08 Å². The molecule has 3 aromatic rings. The molecule has 35 heavy (non-hydrogen) atoms. The Balaban J connectivity index is 1.93. The molecule has 1 atom stereocenters. The first-order chi connectivity index (χ1) is 16.7. The predicted molar refractivity (Wildman–Crippen MR) is 135 cm³/mol. The summed E-state index contributed by atoms with van der Waals surface area (Å²) in [6.07, 6.45) is 1.53. The fourth-order valence-electron chi connectivity index (χ4n) is 3.84. The number of fused-ring (bicyclic) bond motifs is 1. The average molecular weight is 559 g/mol. The standard InChI is InChI=1S/C25H23BrN2O6S/c1-4-33-16-8-6-14(7-9-16)22-21(24(32)34-5-2)13(3)27-25-28(22)23(31)20(35-25)11-15-10-17(26)19(30)12-18(15)29/h6-12,22,29-30H,4-5H2,1-3H3/b20-11+/t22-/m0/s1. The summed E-state index contributed by atoms with van der Waals surface area (Å²) in [7, 11) is 0. The molecule has 2 aromatic carbocycles. The quantitative estimate of drug-likeness (QED) is 0.449. The topological polar surface area (TPSA) is 110 Å². The Bertz CT molecular complexity index is 1500. The minimum atomic E-state index is -0.747. The highest BCUT2D eigenvalue weighted by Crippen LogP contribution is 2.33. The number of thiazole rings is 1. The first-order valence-corrected chi connectivity index (χ1v) is 12.5. The first kappa shape index (κ1) is 24.7. The maximum atomic E-state index is 13.6. The molecule has 4 rings (SSSR count). The van der Waals surface area contributed by atoms with Crippen molar-refractivity contribution in [3.63, 3.8) is 0 Å². The van der Waals surface area contributed by atoms with Gasteiger partial charge in [0.2, 0.25) is 0 Å². The van der Waals surface area contributed by atoms with Crippen molar-refractivity contribution >= 4 is 39.3 Å². The molecule has 0 saturated carbocycles. The molecule has 0 amide bonds. The van der Waals surface area contributed by atoms with Gasteiger partial charge in [0.1, 0.15) is 17.2 Å².